The summed E-state index contributed by atoms with van der Waals surface area (Å²) in [5, 5.41) is 5.27. The topological polar surface area (TPSA) is 71.5 Å². The SMILES string of the molecule is C=CCNc1nc(C(=O)OC(C(=O)N2CCCCC2)c2ccccc2)cs1. The van der Waals surface area contributed by atoms with Gasteiger partial charge in [0.05, 0.1) is 0 Å². The van der Waals surface area contributed by atoms with Crippen molar-refractivity contribution in [1.82, 2.24) is 9.88 Å². The van der Waals surface area contributed by atoms with Crippen LogP contribution in [-0.4, -0.2) is 41.4 Å². The zero-order valence-electron chi connectivity index (χ0n) is 15.1. The molecule has 0 aliphatic carbocycles. The lowest BCUT2D eigenvalue weighted by molar-refractivity contribution is -0.142. The Kier molecular flexibility index (Phi) is 6.59. The third kappa shape index (κ3) is 4.95. The molecule has 1 aliphatic rings. The van der Waals surface area contributed by atoms with Gasteiger partial charge in [-0.05, 0) is 19.3 Å². The predicted octanol–water partition coefficient (Wildman–Crippen LogP) is 3.65. The molecule has 1 fully saturated rings. The summed E-state index contributed by atoms with van der Waals surface area (Å²) in [6, 6.07) is 9.14. The van der Waals surface area contributed by atoms with Crippen molar-refractivity contribution in [3.05, 3.63) is 59.6 Å². The molecule has 1 aromatic carbocycles. The van der Waals surface area contributed by atoms with Crippen LogP contribution in [0.25, 0.3) is 0 Å². The average molecular weight is 385 g/mol. The van der Waals surface area contributed by atoms with Gasteiger partial charge in [0.2, 0.25) is 6.10 Å². The van der Waals surface area contributed by atoms with E-state index in [0.717, 1.165) is 19.3 Å². The first-order valence-corrected chi connectivity index (χ1v) is 9.92. The minimum atomic E-state index is -0.955. The molecule has 1 aliphatic heterocycles. The molecule has 0 bridgehead atoms. The molecule has 1 atom stereocenters. The second-order valence-corrected chi connectivity index (χ2v) is 7.15. The van der Waals surface area contributed by atoms with E-state index in [2.05, 4.69) is 16.9 Å². The van der Waals surface area contributed by atoms with E-state index >= 15 is 0 Å². The number of carbonyl (C=O) groups excluding carboxylic acids is 2. The van der Waals surface area contributed by atoms with Gasteiger partial charge in [0, 0.05) is 30.6 Å². The number of thiazole rings is 1. The Morgan fingerprint density at radius 3 is 2.70 bits per heavy atom. The number of anilines is 1. The molecule has 0 radical (unpaired) electrons. The highest BCUT2D eigenvalue weighted by Gasteiger charge is 2.31. The van der Waals surface area contributed by atoms with Crippen LogP contribution in [0.4, 0.5) is 5.13 Å². The number of piperidine rings is 1. The van der Waals surface area contributed by atoms with Crippen molar-refractivity contribution in [2.45, 2.75) is 25.4 Å². The van der Waals surface area contributed by atoms with Gasteiger partial charge in [-0.3, -0.25) is 4.79 Å². The number of ether oxygens (including phenoxy) is 1. The molecule has 7 heteroatoms. The smallest absolute Gasteiger partial charge is 0.359 e. The number of carbonyl (C=O) groups is 2. The van der Waals surface area contributed by atoms with Gasteiger partial charge >= 0.3 is 5.97 Å². The maximum Gasteiger partial charge on any atom is 0.359 e. The molecule has 1 saturated heterocycles. The van der Waals surface area contributed by atoms with E-state index in [1.807, 2.05) is 18.2 Å². The van der Waals surface area contributed by atoms with Crippen molar-refractivity contribution in [2.24, 2.45) is 0 Å². The summed E-state index contributed by atoms with van der Waals surface area (Å²) in [5.74, 6) is -0.772. The summed E-state index contributed by atoms with van der Waals surface area (Å²) < 4.78 is 5.62. The number of esters is 1. The lowest BCUT2D eigenvalue weighted by atomic mass is 10.1. The second kappa shape index (κ2) is 9.32. The van der Waals surface area contributed by atoms with Crippen LogP contribution >= 0.6 is 11.3 Å². The molecule has 6 nitrogen and oxygen atoms in total. The van der Waals surface area contributed by atoms with E-state index in [9.17, 15) is 9.59 Å². The standard InChI is InChI=1S/C20H23N3O3S/c1-2-11-21-20-22-16(14-27-20)19(25)26-17(15-9-5-3-6-10-15)18(24)23-12-7-4-8-13-23/h2-3,5-6,9-10,14,17H,1,4,7-8,11-13H2,(H,21,22). The highest BCUT2D eigenvalue weighted by atomic mass is 32.1. The van der Waals surface area contributed by atoms with Crippen LogP contribution in [0.3, 0.4) is 0 Å². The van der Waals surface area contributed by atoms with Crippen molar-refractivity contribution < 1.29 is 14.3 Å². The molecule has 1 aromatic heterocycles. The number of aromatic nitrogens is 1. The summed E-state index contributed by atoms with van der Waals surface area (Å²) >= 11 is 1.31. The Balaban J connectivity index is 1.76. The van der Waals surface area contributed by atoms with Crippen LogP contribution in [0, 0.1) is 0 Å². The number of nitrogens with zero attached hydrogens (tertiary/aromatic N) is 2. The third-order valence-electron chi connectivity index (χ3n) is 4.33. The molecule has 1 amide bonds. The van der Waals surface area contributed by atoms with Crippen LogP contribution < -0.4 is 5.32 Å². The van der Waals surface area contributed by atoms with Crippen molar-refractivity contribution in [3.8, 4) is 0 Å². The molecule has 1 unspecified atom stereocenters. The number of nitrogens with one attached hydrogen (secondary N) is 1. The minimum absolute atomic E-state index is 0.172. The molecule has 2 aromatic rings. The summed E-state index contributed by atoms with van der Waals surface area (Å²) in [6.45, 7) is 5.59. The molecule has 0 spiro atoms. The van der Waals surface area contributed by atoms with E-state index in [1.165, 1.54) is 11.3 Å². The molecule has 2 heterocycles. The fraction of sp³-hybridized carbons (Fsp3) is 0.350. The fourth-order valence-corrected chi connectivity index (χ4v) is 3.63. The van der Waals surface area contributed by atoms with Gasteiger partial charge in [-0.25, -0.2) is 9.78 Å². The predicted molar refractivity (Wildman–Crippen MR) is 106 cm³/mol. The Morgan fingerprint density at radius 1 is 1.26 bits per heavy atom. The Hall–Kier alpha value is -2.67. The first-order chi connectivity index (χ1) is 13.2. The second-order valence-electron chi connectivity index (χ2n) is 6.29. The molecule has 1 N–H and O–H groups in total. The first kappa shape index (κ1) is 19.1. The van der Waals surface area contributed by atoms with Crippen LogP contribution in [0.1, 0.15) is 41.4 Å². The Morgan fingerprint density at radius 2 is 2.00 bits per heavy atom. The average Bonchev–Trinajstić information content (AvgIpc) is 3.20. The van der Waals surface area contributed by atoms with Crippen molar-refractivity contribution in [2.75, 3.05) is 25.0 Å². The van der Waals surface area contributed by atoms with Gasteiger partial charge < -0.3 is 15.0 Å². The quantitative estimate of drug-likeness (QED) is 0.582. The van der Waals surface area contributed by atoms with E-state index in [4.69, 9.17) is 4.74 Å². The lowest BCUT2D eigenvalue weighted by Gasteiger charge is -2.30. The third-order valence-corrected chi connectivity index (χ3v) is 5.13. The molecular weight excluding hydrogens is 362 g/mol. The van der Waals surface area contributed by atoms with E-state index in [-0.39, 0.29) is 11.6 Å². The maximum atomic E-state index is 13.0. The number of hydrogen-bond acceptors (Lipinski definition) is 6. The zero-order valence-corrected chi connectivity index (χ0v) is 15.9. The summed E-state index contributed by atoms with van der Waals surface area (Å²) in [6.07, 6.45) is 3.83. The van der Waals surface area contributed by atoms with Crippen molar-refractivity contribution in [3.63, 3.8) is 0 Å². The van der Waals surface area contributed by atoms with Crippen LogP contribution in [0.2, 0.25) is 0 Å². The van der Waals surface area contributed by atoms with Crippen molar-refractivity contribution >= 4 is 28.3 Å². The number of benzene rings is 1. The van der Waals surface area contributed by atoms with Gasteiger partial charge in [-0.1, -0.05) is 36.4 Å². The largest absolute Gasteiger partial charge is 0.443 e. The van der Waals surface area contributed by atoms with Crippen LogP contribution in [0.5, 0.6) is 0 Å². The van der Waals surface area contributed by atoms with Crippen LogP contribution in [-0.2, 0) is 9.53 Å². The monoisotopic (exact) mass is 385 g/mol. The summed E-state index contributed by atoms with van der Waals surface area (Å²) in [7, 11) is 0. The lowest BCUT2D eigenvalue weighted by Crippen LogP contribution is -2.40. The molecule has 0 saturated carbocycles. The van der Waals surface area contributed by atoms with Gasteiger partial charge in [-0.15, -0.1) is 17.9 Å². The number of amides is 1. The molecule has 142 valence electrons. The Bertz CT molecular complexity index is 785. The number of rotatable bonds is 7. The maximum absolute atomic E-state index is 13.0. The highest BCUT2D eigenvalue weighted by molar-refractivity contribution is 7.13. The van der Waals surface area contributed by atoms with Gasteiger partial charge in [-0.2, -0.15) is 0 Å². The molecule has 3 rings (SSSR count). The van der Waals surface area contributed by atoms with Gasteiger partial charge in [0.1, 0.15) is 0 Å². The van der Waals surface area contributed by atoms with Crippen molar-refractivity contribution in [1.29, 1.82) is 0 Å². The minimum Gasteiger partial charge on any atom is -0.443 e. The summed E-state index contributed by atoms with van der Waals surface area (Å²) in [4.78, 5) is 31.6. The summed E-state index contributed by atoms with van der Waals surface area (Å²) in [5.41, 5.74) is 0.862. The van der Waals surface area contributed by atoms with Crippen LogP contribution in [0.15, 0.2) is 48.4 Å². The molecular formula is C20H23N3O3S. The molecule has 27 heavy (non-hydrogen) atoms. The van der Waals surface area contributed by atoms with Gasteiger partial charge in [0.15, 0.2) is 10.8 Å². The normalized spacial score (nSPS) is 15.0. The van der Waals surface area contributed by atoms with E-state index in [0.29, 0.717) is 30.3 Å². The Labute approximate surface area is 162 Å². The van der Waals surface area contributed by atoms with Gasteiger partial charge in [0.25, 0.3) is 5.91 Å². The highest BCUT2D eigenvalue weighted by Crippen LogP contribution is 2.25. The zero-order chi connectivity index (χ0) is 19.1. The van der Waals surface area contributed by atoms with E-state index in [1.54, 1.807) is 28.5 Å². The number of likely N-dealkylation sites (tertiary alicyclic amines) is 1. The van der Waals surface area contributed by atoms with E-state index < -0.39 is 12.1 Å². The fourth-order valence-electron chi connectivity index (χ4n) is 2.94. The number of hydrogen-bond donors (Lipinski definition) is 1. The first-order valence-electron chi connectivity index (χ1n) is 9.04.